The first-order valence-electron chi connectivity index (χ1n) is 2.17. The van der Waals surface area contributed by atoms with E-state index in [0.717, 1.165) is 0 Å². The van der Waals surface area contributed by atoms with E-state index in [1.165, 1.54) is 0 Å². The molecule has 0 atom stereocenters. The smallest absolute Gasteiger partial charge is 0.0639 e. The van der Waals surface area contributed by atoms with Gasteiger partial charge in [-0.3, -0.25) is 0 Å². The molecule has 0 aromatic carbocycles. The van der Waals surface area contributed by atoms with Crippen LogP contribution in [-0.2, 0) is 0 Å². The van der Waals surface area contributed by atoms with E-state index in [2.05, 4.69) is 19.6 Å². The molecule has 0 rings (SSSR count). The minimum Gasteiger partial charge on any atom is -0.148 e. The molecular weight excluding hydrogens is 90.1 g/mol. The van der Waals surface area contributed by atoms with Gasteiger partial charge < -0.3 is 0 Å². The molecule has 0 amide bonds. The van der Waals surface area contributed by atoms with Gasteiger partial charge >= 0.3 is 0 Å². The average Bonchev–Trinajstić information content (AvgIpc) is 1.35. The zero-order valence-electron chi connectivity index (χ0n) is 4.65. The maximum Gasteiger partial charge on any atom is 0.0639 e. The highest BCUT2D eigenvalue weighted by atomic mass is 28.3. The van der Waals surface area contributed by atoms with Crippen molar-refractivity contribution < 1.29 is 0 Å². The summed E-state index contributed by atoms with van der Waals surface area (Å²) in [4.78, 5) is 0. The second kappa shape index (κ2) is 1.75. The zero-order chi connectivity index (χ0) is 5.21. The Morgan fingerprint density at radius 2 is 1.50 bits per heavy atom. The summed E-state index contributed by atoms with van der Waals surface area (Å²) in [6.45, 7) is 6.40. The van der Waals surface area contributed by atoms with Crippen LogP contribution in [0.15, 0.2) is 0 Å². The van der Waals surface area contributed by atoms with Crippen LogP contribution in [0.4, 0.5) is 0 Å². The zero-order valence-corrected chi connectivity index (χ0v) is 5.65. The van der Waals surface area contributed by atoms with Gasteiger partial charge in [-0.05, 0) is 0 Å². The van der Waals surface area contributed by atoms with E-state index in [0.29, 0.717) is 6.17 Å². The number of hydrogen-bond donors (Lipinski definition) is 0. The molecule has 0 heterocycles. The first kappa shape index (κ1) is 6.18. The summed E-state index contributed by atoms with van der Waals surface area (Å²) in [5, 5.41) is 0. The Bertz CT molecular complexity index is 37.3. The molecule has 0 bridgehead atoms. The van der Waals surface area contributed by atoms with Gasteiger partial charge in [0.15, 0.2) is 0 Å². The van der Waals surface area contributed by atoms with Crippen LogP contribution in [0.3, 0.4) is 0 Å². The molecule has 6 heavy (non-hydrogen) atoms. The highest BCUT2D eigenvalue weighted by Gasteiger charge is 2.08. The first-order valence-corrected chi connectivity index (χ1v) is 5.88. The molecule has 2 heteroatoms. The minimum atomic E-state index is -1.08. The molecule has 0 aliphatic carbocycles. The van der Waals surface area contributed by atoms with Crippen molar-refractivity contribution in [1.29, 1.82) is 0 Å². The Kier molecular flexibility index (Phi) is 1.81. The van der Waals surface area contributed by atoms with Gasteiger partial charge in [0.2, 0.25) is 0 Å². The molecule has 1 nitrogen and oxygen atoms in total. The van der Waals surface area contributed by atoms with Crippen LogP contribution in [0.5, 0.6) is 0 Å². The standard InChI is InChI=1S/C4H11NSi/c1-6(2,3)4-5/h4H2,1-3H3. The predicted molar refractivity (Wildman–Crippen MR) is 30.3 cm³/mol. The van der Waals surface area contributed by atoms with Crippen molar-refractivity contribution in [3.63, 3.8) is 0 Å². The van der Waals surface area contributed by atoms with Crippen LogP contribution in [0.2, 0.25) is 19.6 Å². The summed E-state index contributed by atoms with van der Waals surface area (Å²) < 4.78 is 0. The van der Waals surface area contributed by atoms with E-state index >= 15 is 0 Å². The van der Waals surface area contributed by atoms with E-state index in [9.17, 15) is 0 Å². The monoisotopic (exact) mass is 101 g/mol. The Balaban J connectivity index is 3.17. The molecule has 0 aromatic heterocycles. The lowest BCUT2D eigenvalue weighted by Gasteiger charge is -2.07. The normalized spacial score (nSPS) is 12.0. The number of nitrogens with zero attached hydrogens (tertiary/aromatic N) is 1. The second-order valence-corrected chi connectivity index (χ2v) is 8.16. The minimum absolute atomic E-state index is 0.410. The van der Waals surface area contributed by atoms with Gasteiger partial charge in [-0.2, -0.15) is 0 Å². The van der Waals surface area contributed by atoms with Crippen LogP contribution < -0.4 is 5.73 Å². The van der Waals surface area contributed by atoms with Crippen LogP contribution in [0.25, 0.3) is 0 Å². The molecule has 0 aliphatic rings. The van der Waals surface area contributed by atoms with E-state index < -0.39 is 8.07 Å². The third kappa shape index (κ3) is 4.18. The second-order valence-electron chi connectivity index (χ2n) is 2.72. The Labute approximate surface area is 40.6 Å². The number of rotatable bonds is 1. The molecule has 2 radical (unpaired) electrons. The van der Waals surface area contributed by atoms with Gasteiger partial charge in [0.1, 0.15) is 0 Å². The SMILES string of the molecule is C[Si](C)(C)C[N]. The van der Waals surface area contributed by atoms with Gasteiger partial charge in [-0.1, -0.05) is 19.6 Å². The van der Waals surface area contributed by atoms with Crippen molar-refractivity contribution in [3.8, 4) is 0 Å². The first-order chi connectivity index (χ1) is 2.56. The Morgan fingerprint density at radius 3 is 1.50 bits per heavy atom. The van der Waals surface area contributed by atoms with Crippen molar-refractivity contribution in [1.82, 2.24) is 5.73 Å². The molecule has 0 saturated carbocycles. The fourth-order valence-electron chi connectivity index (χ4n) is 0. The summed E-state index contributed by atoms with van der Waals surface area (Å²) in [6.07, 6.45) is 0.410. The maximum absolute atomic E-state index is 8.46. The van der Waals surface area contributed by atoms with E-state index in [4.69, 9.17) is 5.73 Å². The fourth-order valence-corrected chi connectivity index (χ4v) is 0. The molecule has 0 saturated heterocycles. The Morgan fingerprint density at radius 1 is 1.33 bits per heavy atom. The molecule has 0 aromatic rings. The van der Waals surface area contributed by atoms with Crippen molar-refractivity contribution in [3.05, 3.63) is 0 Å². The summed E-state index contributed by atoms with van der Waals surface area (Å²) >= 11 is 0. The van der Waals surface area contributed by atoms with Gasteiger partial charge in [0, 0.05) is 6.17 Å². The van der Waals surface area contributed by atoms with E-state index in [-0.39, 0.29) is 0 Å². The topological polar surface area (TPSA) is 22.3 Å². The highest BCUT2D eigenvalue weighted by molar-refractivity contribution is 6.76. The number of hydrogen-bond acceptors (Lipinski definition) is 0. The van der Waals surface area contributed by atoms with Gasteiger partial charge in [-0.25, -0.2) is 0 Å². The lowest BCUT2D eigenvalue weighted by Crippen LogP contribution is -2.26. The van der Waals surface area contributed by atoms with Crippen LogP contribution in [0.1, 0.15) is 0 Å². The van der Waals surface area contributed by atoms with Crippen LogP contribution in [-0.4, -0.2) is 14.2 Å². The van der Waals surface area contributed by atoms with Gasteiger partial charge in [0.25, 0.3) is 0 Å². The highest BCUT2D eigenvalue weighted by Crippen LogP contribution is 1.94. The third-order valence-electron chi connectivity index (χ3n) is 0.474. The molecule has 0 spiro atoms. The molecular formula is C4H11NSi. The van der Waals surface area contributed by atoms with Crippen LogP contribution >= 0.6 is 0 Å². The quantitative estimate of drug-likeness (QED) is 0.438. The average molecular weight is 101 g/mol. The predicted octanol–water partition coefficient (Wildman–Crippen LogP) is 0.932. The summed E-state index contributed by atoms with van der Waals surface area (Å²) in [5.74, 6) is 0. The molecule has 36 valence electrons. The van der Waals surface area contributed by atoms with Gasteiger partial charge in [-0.15, -0.1) is 5.73 Å². The van der Waals surface area contributed by atoms with Crippen molar-refractivity contribution in [2.45, 2.75) is 19.6 Å². The van der Waals surface area contributed by atoms with E-state index in [1.54, 1.807) is 0 Å². The molecule has 0 aliphatic heterocycles. The third-order valence-corrected chi connectivity index (χ3v) is 1.42. The molecule has 0 unspecified atom stereocenters. The largest absolute Gasteiger partial charge is 0.148 e. The van der Waals surface area contributed by atoms with Gasteiger partial charge in [0.05, 0.1) is 8.07 Å². The summed E-state index contributed by atoms with van der Waals surface area (Å²) in [5.41, 5.74) is 8.46. The van der Waals surface area contributed by atoms with Crippen molar-refractivity contribution >= 4 is 8.07 Å². The van der Waals surface area contributed by atoms with Crippen LogP contribution in [0, 0.1) is 0 Å². The lowest BCUT2D eigenvalue weighted by molar-refractivity contribution is 1.24. The van der Waals surface area contributed by atoms with Crippen molar-refractivity contribution in [2.24, 2.45) is 0 Å². The van der Waals surface area contributed by atoms with E-state index in [1.807, 2.05) is 0 Å². The maximum atomic E-state index is 8.46. The summed E-state index contributed by atoms with van der Waals surface area (Å²) in [6, 6.07) is 0. The van der Waals surface area contributed by atoms with Crippen molar-refractivity contribution in [2.75, 3.05) is 6.17 Å². The fraction of sp³-hybridized carbons (Fsp3) is 1.00. The Hall–Kier alpha value is 0.177. The summed E-state index contributed by atoms with van der Waals surface area (Å²) in [7, 11) is -1.08. The lowest BCUT2D eigenvalue weighted by atomic mass is 11.5. The molecule has 0 fully saturated rings. The molecule has 0 N–H and O–H groups in total.